The van der Waals surface area contributed by atoms with Gasteiger partial charge in [0, 0.05) is 4.47 Å². The average Bonchev–Trinajstić information content (AvgIpc) is 2.40. The highest BCUT2D eigenvalue weighted by atomic mass is 79.9. The molecule has 0 fully saturated rings. The molecular weight excluding hydrogens is 352 g/mol. The molecule has 0 aliphatic heterocycles. The Balaban J connectivity index is 2.44. The zero-order valence-electron chi connectivity index (χ0n) is 10.9. The maximum Gasteiger partial charge on any atom is 0.419 e. The molecule has 0 bridgehead atoms. The molecule has 0 aromatic heterocycles. The number of rotatable bonds is 2. The van der Waals surface area contributed by atoms with Crippen molar-refractivity contribution in [1.82, 2.24) is 0 Å². The van der Waals surface area contributed by atoms with Crippen LogP contribution in [0, 0.1) is 12.7 Å². The highest BCUT2D eigenvalue weighted by Gasteiger charge is 2.34. The van der Waals surface area contributed by atoms with Crippen LogP contribution in [0.1, 0.15) is 28.4 Å². The lowest BCUT2D eigenvalue weighted by molar-refractivity contribution is -0.140. The molecule has 1 unspecified atom stereocenters. The van der Waals surface area contributed by atoms with Gasteiger partial charge in [-0.3, -0.25) is 0 Å². The van der Waals surface area contributed by atoms with E-state index in [9.17, 15) is 22.7 Å². The zero-order chi connectivity index (χ0) is 15.8. The second-order valence-corrected chi connectivity index (χ2v) is 5.50. The zero-order valence-corrected chi connectivity index (χ0v) is 12.5. The summed E-state index contributed by atoms with van der Waals surface area (Å²) in [6, 6.07) is 7.45. The van der Waals surface area contributed by atoms with E-state index in [1.165, 1.54) is 0 Å². The molecule has 2 rings (SSSR count). The molecule has 0 aliphatic rings. The molecule has 112 valence electrons. The number of benzene rings is 2. The normalized spacial score (nSPS) is 13.3. The Morgan fingerprint density at radius 3 is 2.19 bits per heavy atom. The van der Waals surface area contributed by atoms with Gasteiger partial charge in [-0.2, -0.15) is 13.2 Å². The minimum atomic E-state index is -4.80. The summed E-state index contributed by atoms with van der Waals surface area (Å²) in [6.45, 7) is 1.80. The predicted molar refractivity (Wildman–Crippen MR) is 74.3 cm³/mol. The molecule has 21 heavy (non-hydrogen) atoms. The van der Waals surface area contributed by atoms with E-state index in [1.54, 1.807) is 25.1 Å². The molecule has 1 nitrogen and oxygen atoms in total. The van der Waals surface area contributed by atoms with Gasteiger partial charge >= 0.3 is 6.18 Å². The van der Waals surface area contributed by atoms with E-state index in [-0.39, 0.29) is 5.56 Å². The van der Waals surface area contributed by atoms with E-state index in [4.69, 9.17) is 0 Å². The lowest BCUT2D eigenvalue weighted by Gasteiger charge is -2.15. The Morgan fingerprint density at radius 1 is 1.05 bits per heavy atom. The Bertz CT molecular complexity index is 667. The van der Waals surface area contributed by atoms with Crippen molar-refractivity contribution in [3.63, 3.8) is 0 Å². The van der Waals surface area contributed by atoms with Crippen LogP contribution in [-0.4, -0.2) is 5.11 Å². The Kier molecular flexibility index (Phi) is 4.39. The Labute approximate surface area is 127 Å². The van der Waals surface area contributed by atoms with E-state index in [2.05, 4.69) is 15.9 Å². The molecular formula is C15H11BrF4O. The van der Waals surface area contributed by atoms with Gasteiger partial charge in [-0.1, -0.05) is 34.1 Å². The van der Waals surface area contributed by atoms with Gasteiger partial charge < -0.3 is 5.11 Å². The molecule has 0 amide bonds. The van der Waals surface area contributed by atoms with Gasteiger partial charge in [-0.05, 0) is 41.8 Å². The molecule has 0 radical (unpaired) electrons. The second-order valence-electron chi connectivity index (χ2n) is 4.65. The average molecular weight is 363 g/mol. The van der Waals surface area contributed by atoms with Crippen molar-refractivity contribution in [2.75, 3.05) is 0 Å². The van der Waals surface area contributed by atoms with Gasteiger partial charge in [0.25, 0.3) is 0 Å². The van der Waals surface area contributed by atoms with E-state index in [0.29, 0.717) is 17.7 Å². The standard InChI is InChI=1S/C15H11BrF4O/c1-8-6-9(2-4-12(8)16)14(21)10-3-5-13(17)11(7-10)15(18,19)20/h2-7,14,21H,1H3. The van der Waals surface area contributed by atoms with E-state index in [0.717, 1.165) is 16.1 Å². The first-order chi connectivity index (χ1) is 9.70. The summed E-state index contributed by atoms with van der Waals surface area (Å²) < 4.78 is 52.1. The molecule has 6 heteroatoms. The van der Waals surface area contributed by atoms with Crippen molar-refractivity contribution in [2.24, 2.45) is 0 Å². The SMILES string of the molecule is Cc1cc(C(O)c2ccc(F)c(C(F)(F)F)c2)ccc1Br. The molecule has 1 N–H and O–H groups in total. The fourth-order valence-corrected chi connectivity index (χ4v) is 2.21. The maximum atomic E-state index is 13.2. The van der Waals surface area contributed by atoms with Crippen molar-refractivity contribution in [3.05, 3.63) is 68.9 Å². The molecule has 2 aromatic carbocycles. The number of aliphatic hydroxyl groups excluding tert-OH is 1. The van der Waals surface area contributed by atoms with E-state index in [1.807, 2.05) is 0 Å². The van der Waals surface area contributed by atoms with Crippen LogP contribution in [-0.2, 0) is 6.18 Å². The first-order valence-electron chi connectivity index (χ1n) is 6.01. The van der Waals surface area contributed by atoms with Crippen LogP contribution in [0.25, 0.3) is 0 Å². The minimum absolute atomic E-state index is 0.00884. The Morgan fingerprint density at radius 2 is 1.62 bits per heavy atom. The van der Waals surface area contributed by atoms with Crippen LogP contribution in [0.2, 0.25) is 0 Å². The van der Waals surface area contributed by atoms with Gasteiger partial charge in [0.1, 0.15) is 11.9 Å². The monoisotopic (exact) mass is 362 g/mol. The molecule has 0 saturated carbocycles. The fraction of sp³-hybridized carbons (Fsp3) is 0.200. The van der Waals surface area contributed by atoms with Crippen molar-refractivity contribution in [3.8, 4) is 0 Å². The third kappa shape index (κ3) is 3.44. The minimum Gasteiger partial charge on any atom is -0.384 e. The smallest absolute Gasteiger partial charge is 0.384 e. The van der Waals surface area contributed by atoms with Crippen molar-refractivity contribution in [1.29, 1.82) is 0 Å². The summed E-state index contributed by atoms with van der Waals surface area (Å²) in [6.07, 6.45) is -6.05. The van der Waals surface area contributed by atoms with Crippen LogP contribution in [0.4, 0.5) is 17.6 Å². The summed E-state index contributed by atoms with van der Waals surface area (Å²) in [4.78, 5) is 0. The van der Waals surface area contributed by atoms with Crippen LogP contribution in [0.15, 0.2) is 40.9 Å². The van der Waals surface area contributed by atoms with Crippen LogP contribution >= 0.6 is 15.9 Å². The number of aliphatic hydroxyl groups is 1. The predicted octanol–water partition coefficient (Wildman–Crippen LogP) is 5.00. The lowest BCUT2D eigenvalue weighted by atomic mass is 9.98. The van der Waals surface area contributed by atoms with Gasteiger partial charge in [0.15, 0.2) is 0 Å². The third-order valence-electron chi connectivity index (χ3n) is 3.11. The first kappa shape index (κ1) is 16.0. The van der Waals surface area contributed by atoms with Gasteiger partial charge in [0.05, 0.1) is 5.56 Å². The quantitative estimate of drug-likeness (QED) is 0.745. The first-order valence-corrected chi connectivity index (χ1v) is 6.80. The topological polar surface area (TPSA) is 20.2 Å². The Hall–Kier alpha value is -1.40. The highest BCUT2D eigenvalue weighted by molar-refractivity contribution is 9.10. The van der Waals surface area contributed by atoms with Crippen LogP contribution < -0.4 is 0 Å². The molecule has 2 aromatic rings. The molecule has 0 spiro atoms. The number of alkyl halides is 3. The second kappa shape index (κ2) is 5.77. The number of halogens is 5. The highest BCUT2D eigenvalue weighted by Crippen LogP contribution is 2.34. The summed E-state index contributed by atoms with van der Waals surface area (Å²) in [7, 11) is 0. The van der Waals surface area contributed by atoms with Crippen LogP contribution in [0.5, 0.6) is 0 Å². The molecule has 1 atom stereocenters. The van der Waals surface area contributed by atoms with Gasteiger partial charge in [-0.25, -0.2) is 4.39 Å². The summed E-state index contributed by atoms with van der Waals surface area (Å²) >= 11 is 3.30. The summed E-state index contributed by atoms with van der Waals surface area (Å²) in [5.41, 5.74) is -0.113. The number of aryl methyl sites for hydroxylation is 1. The molecule has 0 heterocycles. The van der Waals surface area contributed by atoms with E-state index < -0.39 is 23.7 Å². The van der Waals surface area contributed by atoms with Crippen molar-refractivity contribution < 1.29 is 22.7 Å². The van der Waals surface area contributed by atoms with Gasteiger partial charge in [0.2, 0.25) is 0 Å². The fourth-order valence-electron chi connectivity index (χ4n) is 1.96. The van der Waals surface area contributed by atoms with Crippen molar-refractivity contribution >= 4 is 15.9 Å². The van der Waals surface area contributed by atoms with Crippen molar-refractivity contribution in [2.45, 2.75) is 19.2 Å². The van der Waals surface area contributed by atoms with Crippen LogP contribution in [0.3, 0.4) is 0 Å². The molecule has 0 aliphatic carbocycles. The number of hydrogen-bond acceptors (Lipinski definition) is 1. The lowest BCUT2D eigenvalue weighted by Crippen LogP contribution is -2.10. The number of hydrogen-bond donors (Lipinski definition) is 1. The van der Waals surface area contributed by atoms with E-state index >= 15 is 0 Å². The maximum absolute atomic E-state index is 13.2. The third-order valence-corrected chi connectivity index (χ3v) is 4.00. The summed E-state index contributed by atoms with van der Waals surface area (Å²) in [5.74, 6) is -1.36. The molecule has 0 saturated heterocycles. The largest absolute Gasteiger partial charge is 0.419 e. The van der Waals surface area contributed by atoms with Gasteiger partial charge in [-0.15, -0.1) is 0 Å². The summed E-state index contributed by atoms with van der Waals surface area (Å²) in [5, 5.41) is 10.2.